The van der Waals surface area contributed by atoms with Gasteiger partial charge < -0.3 is 5.32 Å². The molecule has 0 aliphatic carbocycles. The summed E-state index contributed by atoms with van der Waals surface area (Å²) in [5, 5.41) is 2.62. The van der Waals surface area contributed by atoms with Gasteiger partial charge in [0, 0.05) is 49.6 Å². The van der Waals surface area contributed by atoms with Crippen LogP contribution in [0.2, 0.25) is 0 Å². The molecule has 1 unspecified atom stereocenters. The van der Waals surface area contributed by atoms with Crippen LogP contribution in [0.4, 0.5) is 0 Å². The fraction of sp³-hybridized carbons (Fsp3) is 0.417. The van der Waals surface area contributed by atoms with Crippen molar-refractivity contribution < 1.29 is 17.4 Å². The van der Waals surface area contributed by atoms with E-state index >= 15 is 0 Å². The number of hydrogen-bond donors (Lipinski definition) is 1. The maximum Gasteiger partial charge on any atom is 0.261 e. The van der Waals surface area contributed by atoms with Crippen LogP contribution in [0.15, 0.2) is 21.5 Å². The van der Waals surface area contributed by atoms with E-state index in [0.717, 1.165) is 0 Å². The SMILES string of the molecule is CCS(=O)CCNC(=O)c1cc(Br)cc(S(=O)(=O)Cl)c1C. The lowest BCUT2D eigenvalue weighted by Crippen LogP contribution is -2.28. The van der Waals surface area contributed by atoms with E-state index in [0.29, 0.717) is 16.0 Å². The number of nitrogens with one attached hydrogen (secondary N) is 1. The van der Waals surface area contributed by atoms with E-state index in [4.69, 9.17) is 10.7 Å². The second-order valence-corrected chi connectivity index (χ2v) is 9.52. The van der Waals surface area contributed by atoms with Gasteiger partial charge in [0.1, 0.15) is 0 Å². The third-order valence-electron chi connectivity index (χ3n) is 2.77. The van der Waals surface area contributed by atoms with Gasteiger partial charge in [0.15, 0.2) is 0 Å². The highest BCUT2D eigenvalue weighted by Gasteiger charge is 2.20. The first kappa shape index (κ1) is 18.6. The summed E-state index contributed by atoms with van der Waals surface area (Å²) in [6.07, 6.45) is 0. The molecular formula is C12H15BrClNO4S2. The van der Waals surface area contributed by atoms with E-state index in [-0.39, 0.29) is 22.6 Å². The lowest BCUT2D eigenvalue weighted by Gasteiger charge is -2.11. The zero-order valence-electron chi connectivity index (χ0n) is 11.5. The van der Waals surface area contributed by atoms with Crippen LogP contribution in [0.3, 0.4) is 0 Å². The lowest BCUT2D eigenvalue weighted by atomic mass is 10.1. The van der Waals surface area contributed by atoms with Crippen molar-refractivity contribution in [2.75, 3.05) is 18.1 Å². The van der Waals surface area contributed by atoms with Crippen molar-refractivity contribution in [1.82, 2.24) is 5.32 Å². The molecule has 0 spiro atoms. The molecule has 1 rings (SSSR count). The van der Waals surface area contributed by atoms with E-state index in [1.165, 1.54) is 19.1 Å². The molecule has 0 heterocycles. The Labute approximate surface area is 139 Å². The van der Waals surface area contributed by atoms with Crippen LogP contribution in [-0.4, -0.2) is 36.6 Å². The molecule has 1 aromatic rings. The maximum absolute atomic E-state index is 12.1. The van der Waals surface area contributed by atoms with Crippen LogP contribution in [0.25, 0.3) is 0 Å². The molecule has 0 radical (unpaired) electrons. The topological polar surface area (TPSA) is 80.3 Å². The summed E-state index contributed by atoms with van der Waals surface area (Å²) in [5.41, 5.74) is 0.494. The van der Waals surface area contributed by atoms with Crippen molar-refractivity contribution in [3.63, 3.8) is 0 Å². The van der Waals surface area contributed by atoms with Crippen LogP contribution >= 0.6 is 26.6 Å². The molecule has 0 saturated carbocycles. The van der Waals surface area contributed by atoms with Crippen molar-refractivity contribution in [2.24, 2.45) is 0 Å². The normalized spacial score (nSPS) is 13.0. The molecule has 0 aliphatic heterocycles. The Balaban J connectivity index is 3.00. The van der Waals surface area contributed by atoms with Crippen molar-refractivity contribution in [1.29, 1.82) is 0 Å². The zero-order valence-corrected chi connectivity index (χ0v) is 15.5. The van der Waals surface area contributed by atoms with E-state index in [9.17, 15) is 17.4 Å². The number of hydrogen-bond acceptors (Lipinski definition) is 4. The Morgan fingerprint density at radius 3 is 2.57 bits per heavy atom. The first-order valence-corrected chi connectivity index (χ1v) is 10.6. The van der Waals surface area contributed by atoms with Gasteiger partial charge in [0.25, 0.3) is 15.0 Å². The molecule has 0 bridgehead atoms. The van der Waals surface area contributed by atoms with Crippen LogP contribution < -0.4 is 5.32 Å². The number of benzene rings is 1. The van der Waals surface area contributed by atoms with E-state index in [1.54, 1.807) is 6.92 Å². The molecule has 1 aromatic carbocycles. The average Bonchev–Trinajstić information content (AvgIpc) is 2.39. The second kappa shape index (κ2) is 7.71. The Bertz CT molecular complexity index is 676. The Hall–Kier alpha value is -0.440. The average molecular weight is 417 g/mol. The van der Waals surface area contributed by atoms with Gasteiger partial charge in [-0.25, -0.2) is 8.42 Å². The number of carbonyl (C=O) groups excluding carboxylic acids is 1. The van der Waals surface area contributed by atoms with Gasteiger partial charge >= 0.3 is 0 Å². The molecule has 0 aliphatic rings. The summed E-state index contributed by atoms with van der Waals surface area (Å²) in [6.45, 7) is 3.57. The number of carbonyl (C=O) groups is 1. The van der Waals surface area contributed by atoms with E-state index in [1.807, 2.05) is 0 Å². The van der Waals surface area contributed by atoms with Gasteiger partial charge in [0.2, 0.25) is 0 Å². The molecule has 1 N–H and O–H groups in total. The fourth-order valence-electron chi connectivity index (χ4n) is 1.66. The summed E-state index contributed by atoms with van der Waals surface area (Å²) in [6, 6.07) is 2.87. The van der Waals surface area contributed by atoms with Gasteiger partial charge in [-0.2, -0.15) is 0 Å². The largest absolute Gasteiger partial charge is 0.351 e. The predicted molar refractivity (Wildman–Crippen MR) is 87.8 cm³/mol. The molecule has 118 valence electrons. The first-order valence-electron chi connectivity index (χ1n) is 6.04. The monoisotopic (exact) mass is 415 g/mol. The number of rotatable bonds is 6. The van der Waals surface area contributed by atoms with Gasteiger partial charge in [-0.3, -0.25) is 9.00 Å². The quantitative estimate of drug-likeness (QED) is 0.721. The van der Waals surface area contributed by atoms with Crippen LogP contribution in [0.1, 0.15) is 22.8 Å². The fourth-order valence-corrected chi connectivity index (χ4v) is 4.11. The van der Waals surface area contributed by atoms with E-state index < -0.39 is 25.8 Å². The molecule has 1 amide bonds. The lowest BCUT2D eigenvalue weighted by molar-refractivity contribution is 0.0955. The Morgan fingerprint density at radius 2 is 2.05 bits per heavy atom. The van der Waals surface area contributed by atoms with Gasteiger partial charge in [0.05, 0.1) is 4.90 Å². The van der Waals surface area contributed by atoms with Crippen molar-refractivity contribution in [2.45, 2.75) is 18.7 Å². The highest BCUT2D eigenvalue weighted by Crippen LogP contribution is 2.27. The summed E-state index contributed by atoms with van der Waals surface area (Å²) in [7, 11) is 0.451. The predicted octanol–water partition coefficient (Wildman–Crippen LogP) is 2.18. The zero-order chi connectivity index (χ0) is 16.2. The van der Waals surface area contributed by atoms with Gasteiger partial charge in [-0.1, -0.05) is 22.9 Å². The molecule has 0 aromatic heterocycles. The summed E-state index contributed by atoms with van der Waals surface area (Å²) in [5.74, 6) is 0.458. The van der Waals surface area contributed by atoms with Crippen molar-refractivity contribution in [3.05, 3.63) is 27.7 Å². The van der Waals surface area contributed by atoms with Crippen molar-refractivity contribution in [3.8, 4) is 0 Å². The van der Waals surface area contributed by atoms with Crippen LogP contribution in [-0.2, 0) is 19.9 Å². The standard InChI is InChI=1S/C12H15BrClNO4S2/c1-3-20(17)5-4-15-12(16)10-6-9(13)7-11(8(10)2)21(14,18)19/h6-7H,3-5H2,1-2H3,(H,15,16). The summed E-state index contributed by atoms with van der Waals surface area (Å²) < 4.78 is 34.7. The van der Waals surface area contributed by atoms with Crippen LogP contribution in [0.5, 0.6) is 0 Å². The summed E-state index contributed by atoms with van der Waals surface area (Å²) >= 11 is 3.16. The Kier molecular flexibility index (Phi) is 6.83. The molecule has 9 heteroatoms. The van der Waals surface area contributed by atoms with Gasteiger partial charge in [-0.05, 0) is 24.6 Å². The first-order chi connectivity index (χ1) is 9.66. The number of amides is 1. The highest BCUT2D eigenvalue weighted by atomic mass is 79.9. The number of halogens is 2. The molecule has 0 fully saturated rings. The highest BCUT2D eigenvalue weighted by molar-refractivity contribution is 9.10. The van der Waals surface area contributed by atoms with E-state index in [2.05, 4.69) is 21.2 Å². The van der Waals surface area contributed by atoms with Crippen molar-refractivity contribution >= 4 is 52.4 Å². The minimum atomic E-state index is -3.94. The summed E-state index contributed by atoms with van der Waals surface area (Å²) in [4.78, 5) is 12.0. The Morgan fingerprint density at radius 1 is 1.43 bits per heavy atom. The molecule has 5 nitrogen and oxygen atoms in total. The molecule has 21 heavy (non-hydrogen) atoms. The second-order valence-electron chi connectivity index (χ2n) is 4.20. The molecule has 0 saturated heterocycles. The smallest absolute Gasteiger partial charge is 0.261 e. The minimum Gasteiger partial charge on any atom is -0.351 e. The maximum atomic E-state index is 12.1. The molecular weight excluding hydrogens is 402 g/mol. The van der Waals surface area contributed by atoms with Crippen LogP contribution in [0, 0.1) is 6.92 Å². The third-order valence-corrected chi connectivity index (χ3v) is 5.98. The third kappa shape index (κ3) is 5.36. The minimum absolute atomic E-state index is 0.110. The molecule has 1 atom stereocenters. The van der Waals surface area contributed by atoms with Gasteiger partial charge in [-0.15, -0.1) is 0 Å².